The summed E-state index contributed by atoms with van der Waals surface area (Å²) in [6.45, 7) is 5.63. The number of thioether (sulfide) groups is 1. The molecule has 1 aliphatic heterocycles. The highest BCUT2D eigenvalue weighted by Crippen LogP contribution is 2.31. The maximum atomic E-state index is 6.01. The molecule has 0 radical (unpaired) electrons. The first-order chi connectivity index (χ1) is 7.85. The average Bonchev–Trinajstić information content (AvgIpc) is 2.74. The lowest BCUT2D eigenvalue weighted by atomic mass is 9.84. The molecule has 2 fully saturated rings. The minimum atomic E-state index is 0.653. The zero-order chi connectivity index (χ0) is 11.4. The van der Waals surface area contributed by atoms with Crippen molar-refractivity contribution in [2.24, 2.45) is 17.6 Å². The molecule has 2 unspecified atom stereocenters. The number of hydrogen-bond acceptors (Lipinski definition) is 3. The minimum absolute atomic E-state index is 0.653. The maximum Gasteiger partial charge on any atom is 0.0254 e. The van der Waals surface area contributed by atoms with Gasteiger partial charge in [0.25, 0.3) is 0 Å². The average molecular weight is 242 g/mol. The Kier molecular flexibility index (Phi) is 4.98. The zero-order valence-electron chi connectivity index (χ0n) is 10.5. The highest BCUT2D eigenvalue weighted by Gasteiger charge is 2.30. The number of nitrogens with two attached hydrogens (primary N) is 1. The molecule has 3 heteroatoms. The molecule has 1 saturated carbocycles. The smallest absolute Gasteiger partial charge is 0.0254 e. The van der Waals surface area contributed by atoms with E-state index in [2.05, 4.69) is 23.6 Å². The molecular weight excluding hydrogens is 216 g/mol. The van der Waals surface area contributed by atoms with Gasteiger partial charge in [0.1, 0.15) is 0 Å². The first kappa shape index (κ1) is 12.7. The first-order valence-corrected chi connectivity index (χ1v) is 8.02. The van der Waals surface area contributed by atoms with E-state index >= 15 is 0 Å². The first-order valence-electron chi connectivity index (χ1n) is 6.87. The fourth-order valence-corrected chi connectivity index (χ4v) is 4.33. The van der Waals surface area contributed by atoms with Crippen LogP contribution in [0.2, 0.25) is 0 Å². The fourth-order valence-electron chi connectivity index (χ4n) is 3.00. The monoisotopic (exact) mass is 242 g/mol. The highest BCUT2D eigenvalue weighted by molar-refractivity contribution is 7.99. The van der Waals surface area contributed by atoms with Gasteiger partial charge in [0.15, 0.2) is 0 Å². The van der Waals surface area contributed by atoms with Crippen molar-refractivity contribution < 1.29 is 0 Å². The van der Waals surface area contributed by atoms with Crippen LogP contribution < -0.4 is 5.73 Å². The van der Waals surface area contributed by atoms with Crippen LogP contribution >= 0.6 is 11.8 Å². The molecule has 2 rings (SSSR count). The molecule has 2 N–H and O–H groups in total. The summed E-state index contributed by atoms with van der Waals surface area (Å²) in [7, 11) is 0. The largest absolute Gasteiger partial charge is 0.329 e. The van der Waals surface area contributed by atoms with Gasteiger partial charge in [-0.2, -0.15) is 11.8 Å². The Morgan fingerprint density at radius 3 is 2.62 bits per heavy atom. The van der Waals surface area contributed by atoms with E-state index in [9.17, 15) is 0 Å². The third-order valence-corrected chi connectivity index (χ3v) is 5.53. The summed E-state index contributed by atoms with van der Waals surface area (Å²) in [5.41, 5.74) is 6.01. The molecule has 2 nitrogen and oxygen atoms in total. The van der Waals surface area contributed by atoms with Crippen LogP contribution in [0.1, 0.15) is 32.6 Å². The summed E-state index contributed by atoms with van der Waals surface area (Å²) in [6.07, 6.45) is 5.74. The van der Waals surface area contributed by atoms with Gasteiger partial charge in [0, 0.05) is 19.1 Å². The summed E-state index contributed by atoms with van der Waals surface area (Å²) in [5.74, 6) is 4.52. The van der Waals surface area contributed by atoms with Gasteiger partial charge in [-0.3, -0.25) is 4.90 Å². The van der Waals surface area contributed by atoms with Crippen molar-refractivity contribution in [3.05, 3.63) is 0 Å². The molecule has 2 aliphatic rings. The third-order valence-electron chi connectivity index (χ3n) is 4.34. The molecule has 2 atom stereocenters. The van der Waals surface area contributed by atoms with Gasteiger partial charge in [-0.15, -0.1) is 0 Å². The molecule has 0 aromatic heterocycles. The second kappa shape index (κ2) is 6.27. The van der Waals surface area contributed by atoms with E-state index in [1.807, 2.05) is 0 Å². The predicted octanol–water partition coefficient (Wildman–Crippen LogP) is 2.19. The molecule has 0 spiro atoms. The summed E-state index contributed by atoms with van der Waals surface area (Å²) < 4.78 is 0. The minimum Gasteiger partial charge on any atom is -0.329 e. The molecule has 0 amide bonds. The maximum absolute atomic E-state index is 6.01. The summed E-state index contributed by atoms with van der Waals surface area (Å²) in [4.78, 5) is 2.67. The van der Waals surface area contributed by atoms with Crippen molar-refractivity contribution in [1.29, 1.82) is 0 Å². The molecular formula is C13H26N2S. The highest BCUT2D eigenvalue weighted by atomic mass is 32.2. The second-order valence-electron chi connectivity index (χ2n) is 5.31. The molecule has 1 heterocycles. The Bertz CT molecular complexity index is 200. The Morgan fingerprint density at radius 1 is 1.38 bits per heavy atom. The zero-order valence-corrected chi connectivity index (χ0v) is 11.3. The van der Waals surface area contributed by atoms with Crippen molar-refractivity contribution in [3.63, 3.8) is 0 Å². The van der Waals surface area contributed by atoms with Gasteiger partial charge in [-0.05, 0) is 49.1 Å². The number of hydrogen-bond donors (Lipinski definition) is 1. The van der Waals surface area contributed by atoms with Crippen molar-refractivity contribution >= 4 is 11.8 Å². The van der Waals surface area contributed by atoms with Gasteiger partial charge in [0.05, 0.1) is 0 Å². The second-order valence-corrected chi connectivity index (χ2v) is 6.46. The number of rotatable bonds is 6. The standard InChI is InChI=1S/C13H26N2S/c1-2-15(9-11-4-3-5-11)13(8-14)12-6-7-16-10-12/h11-13H,2-10,14H2,1H3. The van der Waals surface area contributed by atoms with Gasteiger partial charge in [-0.25, -0.2) is 0 Å². The van der Waals surface area contributed by atoms with Gasteiger partial charge < -0.3 is 5.73 Å². The van der Waals surface area contributed by atoms with Crippen molar-refractivity contribution in [3.8, 4) is 0 Å². The fraction of sp³-hybridized carbons (Fsp3) is 1.00. The van der Waals surface area contributed by atoms with Crippen LogP contribution in [0, 0.1) is 11.8 Å². The van der Waals surface area contributed by atoms with Crippen LogP contribution in [0.15, 0.2) is 0 Å². The molecule has 16 heavy (non-hydrogen) atoms. The van der Waals surface area contributed by atoms with E-state index in [0.717, 1.165) is 18.4 Å². The Hall–Kier alpha value is 0.270. The molecule has 0 aromatic rings. The van der Waals surface area contributed by atoms with E-state index in [1.54, 1.807) is 0 Å². The SMILES string of the molecule is CCN(CC1CCC1)C(CN)C1CCSC1. The van der Waals surface area contributed by atoms with Crippen LogP contribution in [0.3, 0.4) is 0 Å². The van der Waals surface area contributed by atoms with Crippen LogP contribution in [0.4, 0.5) is 0 Å². The molecule has 0 aromatic carbocycles. The van der Waals surface area contributed by atoms with Crippen molar-refractivity contribution in [2.45, 2.75) is 38.6 Å². The van der Waals surface area contributed by atoms with Crippen LogP contribution in [0.25, 0.3) is 0 Å². The Balaban J connectivity index is 1.87. The van der Waals surface area contributed by atoms with Crippen LogP contribution in [-0.2, 0) is 0 Å². The Morgan fingerprint density at radius 2 is 2.19 bits per heavy atom. The van der Waals surface area contributed by atoms with E-state index in [4.69, 9.17) is 5.73 Å². The van der Waals surface area contributed by atoms with Crippen LogP contribution in [-0.4, -0.2) is 42.1 Å². The van der Waals surface area contributed by atoms with E-state index in [1.165, 1.54) is 50.3 Å². The van der Waals surface area contributed by atoms with Crippen molar-refractivity contribution in [2.75, 3.05) is 31.1 Å². The molecule has 0 bridgehead atoms. The predicted molar refractivity (Wildman–Crippen MR) is 72.9 cm³/mol. The van der Waals surface area contributed by atoms with Gasteiger partial charge >= 0.3 is 0 Å². The molecule has 94 valence electrons. The summed E-state index contributed by atoms with van der Waals surface area (Å²) in [5, 5.41) is 0. The van der Waals surface area contributed by atoms with Gasteiger partial charge in [-0.1, -0.05) is 13.3 Å². The topological polar surface area (TPSA) is 29.3 Å². The summed E-state index contributed by atoms with van der Waals surface area (Å²) in [6, 6.07) is 0.653. The molecule has 1 aliphatic carbocycles. The van der Waals surface area contributed by atoms with E-state index < -0.39 is 0 Å². The summed E-state index contributed by atoms with van der Waals surface area (Å²) >= 11 is 2.11. The van der Waals surface area contributed by atoms with Crippen molar-refractivity contribution in [1.82, 2.24) is 4.90 Å². The molecule has 1 saturated heterocycles. The van der Waals surface area contributed by atoms with E-state index in [0.29, 0.717) is 6.04 Å². The van der Waals surface area contributed by atoms with Crippen LogP contribution in [0.5, 0.6) is 0 Å². The lowest BCUT2D eigenvalue weighted by molar-refractivity contribution is 0.112. The number of nitrogens with zero attached hydrogens (tertiary/aromatic N) is 1. The normalized spacial score (nSPS) is 28.3. The Labute approximate surface area is 104 Å². The quantitative estimate of drug-likeness (QED) is 0.774. The third kappa shape index (κ3) is 2.93. The van der Waals surface area contributed by atoms with E-state index in [-0.39, 0.29) is 0 Å². The lowest BCUT2D eigenvalue weighted by Crippen LogP contribution is -2.48. The number of likely N-dealkylation sites (N-methyl/N-ethyl adjacent to an activating group) is 1. The van der Waals surface area contributed by atoms with Gasteiger partial charge in [0.2, 0.25) is 0 Å². The lowest BCUT2D eigenvalue weighted by Gasteiger charge is -2.38.